The molecule has 0 saturated carbocycles. The fourth-order valence-corrected chi connectivity index (χ4v) is 7.82. The van der Waals surface area contributed by atoms with Gasteiger partial charge in [0.15, 0.2) is 5.72 Å². The fourth-order valence-electron chi connectivity index (χ4n) is 4.87. The van der Waals surface area contributed by atoms with Gasteiger partial charge in [-0.2, -0.15) is 0 Å². The highest BCUT2D eigenvalue weighted by Gasteiger charge is 2.59. The Morgan fingerprint density at radius 2 is 1.86 bits per heavy atom. The van der Waals surface area contributed by atoms with Gasteiger partial charge in [0.25, 0.3) is 0 Å². The fraction of sp³-hybridized carbons (Fsp3) is 0.462. The number of benzene rings is 2. The van der Waals surface area contributed by atoms with Gasteiger partial charge in [0.2, 0.25) is 10.0 Å². The minimum absolute atomic E-state index is 0.286. The molecular weight excluding hydrogens is 513 g/mol. The summed E-state index contributed by atoms with van der Waals surface area (Å²) in [5.74, 6) is 1.54. The molecule has 36 heavy (non-hydrogen) atoms. The molecule has 0 aliphatic carbocycles. The van der Waals surface area contributed by atoms with E-state index in [0.29, 0.717) is 25.4 Å². The van der Waals surface area contributed by atoms with Crippen molar-refractivity contribution in [2.45, 2.75) is 29.9 Å². The van der Waals surface area contributed by atoms with E-state index in [1.165, 1.54) is 0 Å². The van der Waals surface area contributed by atoms with Crippen molar-refractivity contribution in [1.82, 2.24) is 4.72 Å². The zero-order valence-corrected chi connectivity index (χ0v) is 23.8. The van der Waals surface area contributed by atoms with Crippen molar-refractivity contribution in [3.63, 3.8) is 0 Å². The van der Waals surface area contributed by atoms with Crippen molar-refractivity contribution >= 4 is 49.1 Å². The molecule has 2 aliphatic rings. The zero-order chi connectivity index (χ0) is 26.0. The highest BCUT2D eigenvalue weighted by atomic mass is 33.1. The molecule has 7 nitrogen and oxygen atoms in total. The summed E-state index contributed by atoms with van der Waals surface area (Å²) in [6, 6.07) is 13.8. The molecule has 10 heteroatoms. The maximum absolute atomic E-state index is 13.0. The van der Waals surface area contributed by atoms with E-state index in [4.69, 9.17) is 10.5 Å². The van der Waals surface area contributed by atoms with E-state index in [1.807, 2.05) is 26.2 Å². The van der Waals surface area contributed by atoms with Crippen LogP contribution in [0.3, 0.4) is 0 Å². The second-order valence-electron chi connectivity index (χ2n) is 9.65. The summed E-state index contributed by atoms with van der Waals surface area (Å²) in [5.41, 5.74) is 8.60. The molecule has 0 radical (unpaired) electrons. The summed E-state index contributed by atoms with van der Waals surface area (Å²) < 4.78 is 35.2. The van der Waals surface area contributed by atoms with E-state index in [9.17, 15) is 8.42 Å². The van der Waals surface area contributed by atoms with Gasteiger partial charge in [0.1, 0.15) is 0 Å². The number of nitrogens with one attached hydrogen (secondary N) is 1. The number of nitrogens with zero attached hydrogens (tertiary/aromatic N) is 2. The number of ether oxygens (including phenoxy) is 1. The van der Waals surface area contributed by atoms with Crippen LogP contribution >= 0.6 is 21.6 Å². The number of nitrogens with two attached hydrogens (primary N) is 1. The van der Waals surface area contributed by atoms with Crippen LogP contribution in [0.15, 0.2) is 53.4 Å². The first-order valence-electron chi connectivity index (χ1n) is 12.1. The SMILES string of the molecule is CN(C)c1ccc(/C=C/C23OCCN2c2ccc(S(=O)(=O)NCCSSCCN)cc2C3(C)C)cc1. The van der Waals surface area contributed by atoms with Gasteiger partial charge >= 0.3 is 0 Å². The highest BCUT2D eigenvalue weighted by Crippen LogP contribution is 2.55. The molecule has 1 atom stereocenters. The zero-order valence-electron chi connectivity index (χ0n) is 21.4. The third-order valence-corrected chi connectivity index (χ3v) is 10.7. The Bertz CT molecular complexity index is 1200. The van der Waals surface area contributed by atoms with Gasteiger partial charge in [-0.1, -0.05) is 53.6 Å². The second kappa shape index (κ2) is 11.0. The number of hydrogen-bond donors (Lipinski definition) is 2. The van der Waals surface area contributed by atoms with Crippen LogP contribution < -0.4 is 20.3 Å². The molecule has 0 amide bonds. The molecule has 0 aromatic heterocycles. The van der Waals surface area contributed by atoms with Crippen LogP contribution in [0, 0.1) is 0 Å². The predicted octanol–water partition coefficient (Wildman–Crippen LogP) is 3.91. The number of hydrogen-bond acceptors (Lipinski definition) is 8. The van der Waals surface area contributed by atoms with Crippen LogP contribution in [-0.4, -0.2) is 66.0 Å². The van der Waals surface area contributed by atoms with E-state index in [-0.39, 0.29) is 4.90 Å². The lowest BCUT2D eigenvalue weighted by molar-refractivity contribution is 0.000293. The number of sulfonamides is 1. The van der Waals surface area contributed by atoms with E-state index in [2.05, 4.69) is 64.8 Å². The first kappa shape index (κ1) is 27.3. The molecule has 3 N–H and O–H groups in total. The van der Waals surface area contributed by atoms with Crippen molar-refractivity contribution < 1.29 is 13.2 Å². The third kappa shape index (κ3) is 5.16. The van der Waals surface area contributed by atoms with Crippen molar-refractivity contribution in [3.05, 3.63) is 59.7 Å². The van der Waals surface area contributed by atoms with Crippen LogP contribution in [0.4, 0.5) is 11.4 Å². The minimum Gasteiger partial charge on any atom is -0.378 e. The van der Waals surface area contributed by atoms with Gasteiger partial charge < -0.3 is 20.3 Å². The van der Waals surface area contributed by atoms with Gasteiger partial charge in [0.05, 0.1) is 11.5 Å². The number of fused-ring (bicyclic) bond motifs is 3. The van der Waals surface area contributed by atoms with E-state index in [1.54, 1.807) is 27.7 Å². The van der Waals surface area contributed by atoms with Gasteiger partial charge in [-0.25, -0.2) is 13.1 Å². The monoisotopic (exact) mass is 548 g/mol. The molecule has 1 fully saturated rings. The molecule has 1 saturated heterocycles. The van der Waals surface area contributed by atoms with E-state index in [0.717, 1.165) is 34.8 Å². The summed E-state index contributed by atoms with van der Waals surface area (Å²) in [7, 11) is 3.72. The summed E-state index contributed by atoms with van der Waals surface area (Å²) in [6.07, 6.45) is 4.23. The minimum atomic E-state index is -3.61. The quantitative estimate of drug-likeness (QED) is 0.323. The molecule has 0 spiro atoms. The Hall–Kier alpha value is -1.69. The Morgan fingerprint density at radius 3 is 2.56 bits per heavy atom. The molecular formula is C26H36N4O3S3. The Balaban J connectivity index is 1.57. The Morgan fingerprint density at radius 1 is 1.14 bits per heavy atom. The topological polar surface area (TPSA) is 87.9 Å². The smallest absolute Gasteiger partial charge is 0.240 e. The first-order chi connectivity index (χ1) is 17.1. The Labute approximate surface area is 223 Å². The maximum Gasteiger partial charge on any atom is 0.240 e. The second-order valence-corrected chi connectivity index (χ2v) is 14.1. The maximum atomic E-state index is 13.0. The van der Waals surface area contributed by atoms with Crippen LogP contribution in [0.2, 0.25) is 0 Å². The molecule has 2 aromatic carbocycles. The van der Waals surface area contributed by atoms with Crippen molar-refractivity contribution in [3.8, 4) is 0 Å². The molecule has 0 bridgehead atoms. The van der Waals surface area contributed by atoms with Crippen molar-refractivity contribution in [2.24, 2.45) is 5.73 Å². The van der Waals surface area contributed by atoms with Crippen molar-refractivity contribution in [2.75, 3.05) is 61.6 Å². The van der Waals surface area contributed by atoms with Gasteiger partial charge in [-0.3, -0.25) is 0 Å². The van der Waals surface area contributed by atoms with Crippen LogP contribution in [0.25, 0.3) is 6.08 Å². The summed E-state index contributed by atoms with van der Waals surface area (Å²) in [6.45, 7) is 6.63. The average Bonchev–Trinajstić information content (AvgIpc) is 3.36. The molecule has 1 unspecified atom stereocenters. The number of rotatable bonds is 11. The predicted molar refractivity (Wildman–Crippen MR) is 154 cm³/mol. The highest BCUT2D eigenvalue weighted by molar-refractivity contribution is 8.76. The largest absolute Gasteiger partial charge is 0.378 e. The van der Waals surface area contributed by atoms with Gasteiger partial charge in [-0.05, 0) is 47.5 Å². The lowest BCUT2D eigenvalue weighted by Gasteiger charge is -2.39. The van der Waals surface area contributed by atoms with Crippen LogP contribution in [-0.2, 0) is 20.2 Å². The third-order valence-electron chi connectivity index (χ3n) is 6.85. The standard InChI is InChI=1S/C26H36N4O3S3/c1-25(2)23-19-22(36(31,32)28-14-18-35-34-17-13-27)9-10-24(23)30-15-16-33-26(25,30)12-11-20-5-7-21(8-6-20)29(3)4/h5-12,19,28H,13-18,27H2,1-4H3/b12-11+. The first-order valence-corrected chi connectivity index (χ1v) is 16.1. The lowest BCUT2D eigenvalue weighted by atomic mass is 9.77. The molecule has 2 aromatic rings. The summed E-state index contributed by atoms with van der Waals surface area (Å²) in [4.78, 5) is 4.63. The average molecular weight is 549 g/mol. The normalized spacial score (nSPS) is 20.6. The van der Waals surface area contributed by atoms with Gasteiger partial charge in [-0.15, -0.1) is 0 Å². The molecule has 196 valence electrons. The van der Waals surface area contributed by atoms with Crippen LogP contribution in [0.5, 0.6) is 0 Å². The Kier molecular flexibility index (Phi) is 8.33. The lowest BCUT2D eigenvalue weighted by Crippen LogP contribution is -2.51. The molecule has 2 heterocycles. The molecule has 2 aliphatic heterocycles. The number of anilines is 2. The van der Waals surface area contributed by atoms with Crippen LogP contribution in [0.1, 0.15) is 25.0 Å². The molecule has 4 rings (SSSR count). The van der Waals surface area contributed by atoms with E-state index >= 15 is 0 Å². The van der Waals surface area contributed by atoms with E-state index < -0.39 is 21.2 Å². The summed E-state index contributed by atoms with van der Waals surface area (Å²) in [5, 5.41) is 0. The van der Waals surface area contributed by atoms with Crippen molar-refractivity contribution in [1.29, 1.82) is 0 Å². The van der Waals surface area contributed by atoms with Gasteiger partial charge in [0, 0.05) is 62.0 Å². The summed E-state index contributed by atoms with van der Waals surface area (Å²) >= 11 is 0.